The Hall–Kier alpha value is -1.62. The van der Waals surface area contributed by atoms with Crippen LogP contribution in [0.25, 0.3) is 0 Å². The summed E-state index contributed by atoms with van der Waals surface area (Å²) in [5, 5.41) is 0. The van der Waals surface area contributed by atoms with Gasteiger partial charge in [0.2, 0.25) is 5.91 Å². The minimum absolute atomic E-state index is 0.172. The summed E-state index contributed by atoms with van der Waals surface area (Å²) in [7, 11) is 1.90. The average Bonchev–Trinajstić information content (AvgIpc) is 2.92. The van der Waals surface area contributed by atoms with Gasteiger partial charge in [0.05, 0.1) is 6.54 Å². The second-order valence-electron chi connectivity index (χ2n) is 5.08. The summed E-state index contributed by atoms with van der Waals surface area (Å²) >= 11 is 0. The summed E-state index contributed by atoms with van der Waals surface area (Å²) in [5.74, 6) is 0.987. The first kappa shape index (κ1) is 13.8. The Balaban J connectivity index is 2.09. The Bertz CT molecular complexity index is 455. The Kier molecular flexibility index (Phi) is 4.37. The molecule has 0 atom stereocenters. The van der Waals surface area contributed by atoms with Gasteiger partial charge in [0.1, 0.15) is 5.82 Å². The highest BCUT2D eigenvalue weighted by Gasteiger charge is 2.20. The van der Waals surface area contributed by atoms with Crippen LogP contribution in [0.15, 0.2) is 12.3 Å². The first-order valence-electron chi connectivity index (χ1n) is 6.77. The minimum Gasteiger partial charge on any atom is -0.350 e. The molecule has 1 aliphatic rings. The highest BCUT2D eigenvalue weighted by molar-refractivity contribution is 5.81. The van der Waals surface area contributed by atoms with E-state index in [0.717, 1.165) is 42.9 Å². The zero-order valence-corrected chi connectivity index (χ0v) is 11.7. The molecule has 0 spiro atoms. The van der Waals surface area contributed by atoms with E-state index in [0.29, 0.717) is 13.1 Å². The van der Waals surface area contributed by atoms with Crippen LogP contribution in [-0.2, 0) is 11.3 Å². The first-order valence-corrected chi connectivity index (χ1v) is 6.77. The SMILES string of the molecule is Cc1ccnc(N(C)CC(=O)N2CCCC2)c1CN. The second-order valence-corrected chi connectivity index (χ2v) is 5.08. The third kappa shape index (κ3) is 3.04. The van der Waals surface area contributed by atoms with Gasteiger partial charge in [-0.3, -0.25) is 4.79 Å². The van der Waals surface area contributed by atoms with Gasteiger partial charge in [0.15, 0.2) is 0 Å². The summed E-state index contributed by atoms with van der Waals surface area (Å²) in [6.07, 6.45) is 4.00. The molecule has 2 rings (SSSR count). The molecule has 1 saturated heterocycles. The van der Waals surface area contributed by atoms with Crippen LogP contribution < -0.4 is 10.6 Å². The van der Waals surface area contributed by atoms with Gasteiger partial charge in [-0.05, 0) is 31.4 Å². The number of carbonyl (C=O) groups is 1. The molecule has 5 heteroatoms. The molecule has 0 aliphatic carbocycles. The molecule has 0 radical (unpaired) electrons. The predicted octanol–water partition coefficient (Wildman–Crippen LogP) is 0.907. The summed E-state index contributed by atoms with van der Waals surface area (Å²) in [6.45, 7) is 4.60. The predicted molar refractivity (Wildman–Crippen MR) is 75.9 cm³/mol. The molecule has 1 aromatic heterocycles. The summed E-state index contributed by atoms with van der Waals surface area (Å²) < 4.78 is 0. The average molecular weight is 262 g/mol. The number of rotatable bonds is 4. The highest BCUT2D eigenvalue weighted by Crippen LogP contribution is 2.19. The van der Waals surface area contributed by atoms with Crippen molar-refractivity contribution in [3.63, 3.8) is 0 Å². The van der Waals surface area contributed by atoms with Crippen LogP contribution in [0.4, 0.5) is 5.82 Å². The molecule has 104 valence electrons. The molecule has 0 saturated carbocycles. The molecule has 0 bridgehead atoms. The summed E-state index contributed by atoms with van der Waals surface area (Å²) in [4.78, 5) is 20.3. The first-order chi connectivity index (χ1) is 9.13. The zero-order valence-electron chi connectivity index (χ0n) is 11.7. The van der Waals surface area contributed by atoms with Crippen LogP contribution >= 0.6 is 0 Å². The zero-order chi connectivity index (χ0) is 13.8. The van der Waals surface area contributed by atoms with E-state index in [1.807, 2.05) is 29.8 Å². The number of anilines is 1. The number of nitrogens with zero attached hydrogens (tertiary/aromatic N) is 3. The number of likely N-dealkylation sites (tertiary alicyclic amines) is 1. The molecular formula is C14H22N4O. The van der Waals surface area contributed by atoms with Crippen LogP contribution in [0.5, 0.6) is 0 Å². The van der Waals surface area contributed by atoms with E-state index in [9.17, 15) is 4.79 Å². The molecule has 2 N–H and O–H groups in total. The van der Waals surface area contributed by atoms with E-state index >= 15 is 0 Å². The van der Waals surface area contributed by atoms with Gasteiger partial charge in [-0.2, -0.15) is 0 Å². The molecule has 1 aromatic rings. The van der Waals surface area contributed by atoms with Crippen LogP contribution in [0, 0.1) is 6.92 Å². The minimum atomic E-state index is 0.172. The lowest BCUT2D eigenvalue weighted by molar-refractivity contribution is -0.128. The lowest BCUT2D eigenvalue weighted by Crippen LogP contribution is -2.38. The lowest BCUT2D eigenvalue weighted by Gasteiger charge is -2.24. The van der Waals surface area contributed by atoms with Crippen molar-refractivity contribution in [3.05, 3.63) is 23.4 Å². The summed E-state index contributed by atoms with van der Waals surface area (Å²) in [6, 6.07) is 1.95. The second kappa shape index (κ2) is 6.02. The fourth-order valence-corrected chi connectivity index (χ4v) is 2.50. The number of pyridine rings is 1. The quantitative estimate of drug-likeness (QED) is 0.876. The van der Waals surface area contributed by atoms with Crippen molar-refractivity contribution in [1.82, 2.24) is 9.88 Å². The Morgan fingerprint density at radius 3 is 2.79 bits per heavy atom. The maximum Gasteiger partial charge on any atom is 0.242 e. The molecule has 2 heterocycles. The number of aryl methyl sites for hydroxylation is 1. The maximum absolute atomic E-state index is 12.1. The Morgan fingerprint density at radius 1 is 1.47 bits per heavy atom. The van der Waals surface area contributed by atoms with E-state index in [-0.39, 0.29) is 5.91 Å². The van der Waals surface area contributed by atoms with E-state index in [2.05, 4.69) is 4.98 Å². The van der Waals surface area contributed by atoms with Gasteiger partial charge in [-0.1, -0.05) is 0 Å². The third-order valence-corrected chi connectivity index (χ3v) is 3.66. The van der Waals surface area contributed by atoms with Crippen LogP contribution in [0.3, 0.4) is 0 Å². The largest absolute Gasteiger partial charge is 0.350 e. The number of hydrogen-bond acceptors (Lipinski definition) is 4. The van der Waals surface area contributed by atoms with Gasteiger partial charge >= 0.3 is 0 Å². The number of hydrogen-bond donors (Lipinski definition) is 1. The van der Waals surface area contributed by atoms with Crippen molar-refractivity contribution in [2.75, 3.05) is 31.6 Å². The van der Waals surface area contributed by atoms with Gasteiger partial charge in [0, 0.05) is 38.4 Å². The fraction of sp³-hybridized carbons (Fsp3) is 0.571. The van der Waals surface area contributed by atoms with Crippen molar-refractivity contribution in [3.8, 4) is 0 Å². The van der Waals surface area contributed by atoms with Gasteiger partial charge in [-0.25, -0.2) is 4.98 Å². The number of carbonyl (C=O) groups excluding carboxylic acids is 1. The maximum atomic E-state index is 12.1. The standard InChI is InChI=1S/C14H22N4O/c1-11-5-6-16-14(12(11)9-15)17(2)10-13(19)18-7-3-4-8-18/h5-6H,3-4,7-10,15H2,1-2H3. The van der Waals surface area contributed by atoms with Crippen LogP contribution in [0.2, 0.25) is 0 Å². The van der Waals surface area contributed by atoms with Crippen molar-refractivity contribution in [2.24, 2.45) is 5.73 Å². The van der Waals surface area contributed by atoms with Gasteiger partial charge in [0.25, 0.3) is 0 Å². The number of aromatic nitrogens is 1. The Morgan fingerprint density at radius 2 is 2.16 bits per heavy atom. The lowest BCUT2D eigenvalue weighted by atomic mass is 10.1. The van der Waals surface area contributed by atoms with Gasteiger partial charge < -0.3 is 15.5 Å². The van der Waals surface area contributed by atoms with E-state index in [1.165, 1.54) is 0 Å². The van der Waals surface area contributed by atoms with Gasteiger partial charge in [-0.15, -0.1) is 0 Å². The number of nitrogens with two attached hydrogens (primary N) is 1. The molecule has 5 nitrogen and oxygen atoms in total. The smallest absolute Gasteiger partial charge is 0.242 e. The topological polar surface area (TPSA) is 62.5 Å². The molecule has 1 aliphatic heterocycles. The monoisotopic (exact) mass is 262 g/mol. The molecule has 0 unspecified atom stereocenters. The number of amides is 1. The van der Waals surface area contributed by atoms with E-state index in [4.69, 9.17) is 5.73 Å². The van der Waals surface area contributed by atoms with E-state index < -0.39 is 0 Å². The third-order valence-electron chi connectivity index (χ3n) is 3.66. The Labute approximate surface area is 114 Å². The van der Waals surface area contributed by atoms with Crippen molar-refractivity contribution >= 4 is 11.7 Å². The molecule has 1 fully saturated rings. The molecular weight excluding hydrogens is 240 g/mol. The highest BCUT2D eigenvalue weighted by atomic mass is 16.2. The van der Waals surface area contributed by atoms with Crippen molar-refractivity contribution < 1.29 is 4.79 Å². The van der Waals surface area contributed by atoms with Crippen LogP contribution in [0.1, 0.15) is 24.0 Å². The molecule has 0 aromatic carbocycles. The van der Waals surface area contributed by atoms with Crippen molar-refractivity contribution in [2.45, 2.75) is 26.3 Å². The van der Waals surface area contributed by atoms with Crippen LogP contribution in [-0.4, -0.2) is 42.5 Å². The fourth-order valence-electron chi connectivity index (χ4n) is 2.50. The number of likely N-dealkylation sites (N-methyl/N-ethyl adjacent to an activating group) is 1. The normalized spacial score (nSPS) is 14.8. The van der Waals surface area contributed by atoms with E-state index in [1.54, 1.807) is 6.20 Å². The molecule has 1 amide bonds. The summed E-state index contributed by atoms with van der Waals surface area (Å²) in [5.41, 5.74) is 7.91. The molecule has 19 heavy (non-hydrogen) atoms. The van der Waals surface area contributed by atoms with Crippen molar-refractivity contribution in [1.29, 1.82) is 0 Å².